The maximum atomic E-state index is 13.4. The largest absolute Gasteiger partial charge is 0.493 e. The lowest BCUT2D eigenvalue weighted by atomic mass is 10.1. The van der Waals surface area contributed by atoms with E-state index in [-0.39, 0.29) is 5.56 Å². The molecule has 2 aromatic heterocycles. The van der Waals surface area contributed by atoms with Crippen molar-refractivity contribution in [3.8, 4) is 11.4 Å². The Hall–Kier alpha value is -3.29. The van der Waals surface area contributed by atoms with Crippen molar-refractivity contribution in [2.24, 2.45) is 0 Å². The molecule has 0 bridgehead atoms. The van der Waals surface area contributed by atoms with Crippen LogP contribution in [0.1, 0.15) is 12.5 Å². The number of nitrogens with zero attached hydrogens (tertiary/aromatic N) is 4. The van der Waals surface area contributed by atoms with E-state index in [0.29, 0.717) is 33.7 Å². The molecule has 2 heterocycles. The summed E-state index contributed by atoms with van der Waals surface area (Å²) in [4.78, 5) is 13.4. The molecule has 6 nitrogen and oxygen atoms in total. The van der Waals surface area contributed by atoms with E-state index in [1.807, 2.05) is 65.1 Å². The second-order valence-electron chi connectivity index (χ2n) is 7.45. The van der Waals surface area contributed by atoms with Gasteiger partial charge in [0.05, 0.1) is 23.2 Å². The number of aryl methyl sites for hydroxylation is 1. The SMILES string of the molecule is CCc1ccc(-n2c(=O)c3ccccc3n3c(SCCOc4ccc(Cl)cc4)nnc23)cc1. The first kappa shape index (κ1) is 21.6. The van der Waals surface area contributed by atoms with Gasteiger partial charge >= 0.3 is 0 Å². The molecule has 33 heavy (non-hydrogen) atoms. The summed E-state index contributed by atoms with van der Waals surface area (Å²) in [5, 5.41) is 10.8. The lowest BCUT2D eigenvalue weighted by Gasteiger charge is -2.12. The monoisotopic (exact) mass is 476 g/mol. The van der Waals surface area contributed by atoms with Crippen LogP contribution in [0.5, 0.6) is 5.75 Å². The molecule has 5 rings (SSSR count). The average molecular weight is 477 g/mol. The number of hydrogen-bond donors (Lipinski definition) is 0. The smallest absolute Gasteiger partial charge is 0.267 e. The van der Waals surface area contributed by atoms with Gasteiger partial charge in [-0.2, -0.15) is 0 Å². The van der Waals surface area contributed by atoms with E-state index in [1.54, 1.807) is 16.7 Å². The molecule has 0 saturated heterocycles. The number of rotatable bonds is 7. The molecule has 0 aliphatic carbocycles. The van der Waals surface area contributed by atoms with Gasteiger partial charge in [-0.25, -0.2) is 4.57 Å². The Kier molecular flexibility index (Phi) is 6.07. The number of aromatic nitrogens is 4. The van der Waals surface area contributed by atoms with Crippen LogP contribution in [-0.4, -0.2) is 31.5 Å². The minimum atomic E-state index is -0.114. The summed E-state index contributed by atoms with van der Waals surface area (Å²) < 4.78 is 9.37. The number of para-hydroxylation sites is 1. The Morgan fingerprint density at radius 3 is 2.48 bits per heavy atom. The molecule has 0 radical (unpaired) electrons. The predicted octanol–water partition coefficient (Wildman–Crippen LogP) is 5.42. The van der Waals surface area contributed by atoms with Gasteiger partial charge in [0.25, 0.3) is 5.56 Å². The third-order valence-corrected chi connectivity index (χ3v) is 6.54. The van der Waals surface area contributed by atoms with Crippen LogP contribution in [0.25, 0.3) is 22.4 Å². The molecule has 5 aromatic rings. The van der Waals surface area contributed by atoms with Crippen molar-refractivity contribution in [3.63, 3.8) is 0 Å². The minimum Gasteiger partial charge on any atom is -0.493 e. The van der Waals surface area contributed by atoms with Gasteiger partial charge in [0.2, 0.25) is 5.78 Å². The highest BCUT2D eigenvalue weighted by atomic mass is 35.5. The Labute approximate surface area is 199 Å². The second-order valence-corrected chi connectivity index (χ2v) is 8.95. The first-order valence-electron chi connectivity index (χ1n) is 10.6. The van der Waals surface area contributed by atoms with Crippen molar-refractivity contribution < 1.29 is 4.74 Å². The van der Waals surface area contributed by atoms with Crippen molar-refractivity contribution in [1.82, 2.24) is 19.2 Å². The van der Waals surface area contributed by atoms with Crippen molar-refractivity contribution in [2.45, 2.75) is 18.5 Å². The fourth-order valence-electron chi connectivity index (χ4n) is 3.71. The molecule has 0 aliphatic rings. The highest BCUT2D eigenvalue weighted by Gasteiger charge is 2.17. The van der Waals surface area contributed by atoms with Gasteiger partial charge in [0.15, 0.2) is 5.16 Å². The van der Waals surface area contributed by atoms with Crippen LogP contribution in [0, 0.1) is 0 Å². The standard InChI is InChI=1S/C25H21ClN4O2S/c1-2-17-7-11-19(12-8-17)29-23(31)21-5-3-4-6-22(21)30-24(29)27-28-25(30)33-16-15-32-20-13-9-18(26)10-14-20/h3-14H,2,15-16H2,1H3. The summed E-state index contributed by atoms with van der Waals surface area (Å²) in [6, 6.07) is 22.8. The normalized spacial score (nSPS) is 11.3. The lowest BCUT2D eigenvalue weighted by molar-refractivity contribution is 0.344. The van der Waals surface area contributed by atoms with E-state index >= 15 is 0 Å². The molecule has 0 spiro atoms. The molecule has 8 heteroatoms. The molecule has 0 aliphatic heterocycles. The van der Waals surface area contributed by atoms with E-state index < -0.39 is 0 Å². The number of fused-ring (bicyclic) bond motifs is 3. The molecule has 166 valence electrons. The molecule has 0 fully saturated rings. The van der Waals surface area contributed by atoms with Gasteiger partial charge < -0.3 is 4.74 Å². The van der Waals surface area contributed by atoms with Crippen molar-refractivity contribution in [1.29, 1.82) is 0 Å². The summed E-state index contributed by atoms with van der Waals surface area (Å²) in [6.45, 7) is 2.60. The van der Waals surface area contributed by atoms with E-state index in [0.717, 1.165) is 23.4 Å². The number of ether oxygens (including phenoxy) is 1. The zero-order chi connectivity index (χ0) is 22.8. The molecule has 0 atom stereocenters. The fraction of sp³-hybridized carbons (Fsp3) is 0.160. The average Bonchev–Trinajstić information content (AvgIpc) is 3.27. The van der Waals surface area contributed by atoms with Crippen LogP contribution in [-0.2, 0) is 6.42 Å². The van der Waals surface area contributed by atoms with Crippen LogP contribution in [0.3, 0.4) is 0 Å². The van der Waals surface area contributed by atoms with Crippen LogP contribution in [0.2, 0.25) is 5.02 Å². The van der Waals surface area contributed by atoms with Crippen LogP contribution < -0.4 is 10.3 Å². The molecular formula is C25H21ClN4O2S. The molecule has 0 amide bonds. The number of halogens is 1. The highest BCUT2D eigenvalue weighted by molar-refractivity contribution is 7.99. The van der Waals surface area contributed by atoms with Crippen molar-refractivity contribution >= 4 is 40.0 Å². The topological polar surface area (TPSA) is 61.4 Å². The summed E-state index contributed by atoms with van der Waals surface area (Å²) in [7, 11) is 0. The molecule has 0 N–H and O–H groups in total. The Bertz CT molecular complexity index is 1480. The van der Waals surface area contributed by atoms with Gasteiger partial charge in [-0.05, 0) is 60.5 Å². The zero-order valence-electron chi connectivity index (χ0n) is 17.9. The summed E-state index contributed by atoms with van der Waals surface area (Å²) in [5.41, 5.74) is 2.65. The second kappa shape index (κ2) is 9.29. The summed E-state index contributed by atoms with van der Waals surface area (Å²) in [6.07, 6.45) is 0.937. The van der Waals surface area contributed by atoms with E-state index in [1.165, 1.54) is 17.3 Å². The first-order chi connectivity index (χ1) is 16.2. The third-order valence-electron chi connectivity index (χ3n) is 5.39. The third kappa shape index (κ3) is 4.21. The summed E-state index contributed by atoms with van der Waals surface area (Å²) in [5.74, 6) is 1.92. The van der Waals surface area contributed by atoms with Crippen molar-refractivity contribution in [3.05, 3.63) is 93.7 Å². The predicted molar refractivity (Wildman–Crippen MR) is 133 cm³/mol. The van der Waals surface area contributed by atoms with E-state index in [2.05, 4.69) is 17.1 Å². The summed E-state index contributed by atoms with van der Waals surface area (Å²) >= 11 is 7.46. The number of benzene rings is 3. The molecule has 3 aromatic carbocycles. The molecule has 0 saturated carbocycles. The highest BCUT2D eigenvalue weighted by Crippen LogP contribution is 2.24. The van der Waals surface area contributed by atoms with Gasteiger partial charge in [-0.15, -0.1) is 10.2 Å². The molecular weight excluding hydrogens is 456 g/mol. The van der Waals surface area contributed by atoms with Crippen LogP contribution >= 0.6 is 23.4 Å². The lowest BCUT2D eigenvalue weighted by Crippen LogP contribution is -2.21. The van der Waals surface area contributed by atoms with Gasteiger partial charge in [-0.1, -0.05) is 54.6 Å². The number of hydrogen-bond acceptors (Lipinski definition) is 5. The van der Waals surface area contributed by atoms with E-state index in [9.17, 15) is 4.79 Å². The fourth-order valence-corrected chi connectivity index (χ4v) is 4.59. The number of thioether (sulfide) groups is 1. The maximum absolute atomic E-state index is 13.4. The quantitative estimate of drug-likeness (QED) is 0.232. The van der Waals surface area contributed by atoms with Gasteiger partial charge in [0, 0.05) is 10.8 Å². The molecule has 0 unspecified atom stereocenters. The Morgan fingerprint density at radius 1 is 0.970 bits per heavy atom. The van der Waals surface area contributed by atoms with Gasteiger partial charge in [0.1, 0.15) is 5.75 Å². The zero-order valence-corrected chi connectivity index (χ0v) is 19.5. The van der Waals surface area contributed by atoms with Crippen LogP contribution in [0.15, 0.2) is 82.7 Å². The maximum Gasteiger partial charge on any atom is 0.267 e. The minimum absolute atomic E-state index is 0.114. The first-order valence-corrected chi connectivity index (χ1v) is 12.0. The Morgan fingerprint density at radius 2 is 1.73 bits per heavy atom. The van der Waals surface area contributed by atoms with Crippen molar-refractivity contribution in [2.75, 3.05) is 12.4 Å². The Balaban J connectivity index is 1.51. The van der Waals surface area contributed by atoms with Crippen LogP contribution in [0.4, 0.5) is 0 Å². The van der Waals surface area contributed by atoms with Gasteiger partial charge in [-0.3, -0.25) is 9.20 Å². The van der Waals surface area contributed by atoms with E-state index in [4.69, 9.17) is 16.3 Å².